The van der Waals surface area contributed by atoms with Gasteiger partial charge in [0.2, 0.25) is 5.91 Å². The third-order valence-electron chi connectivity index (χ3n) is 3.69. The highest BCUT2D eigenvalue weighted by Crippen LogP contribution is 2.10. The van der Waals surface area contributed by atoms with E-state index in [0.717, 1.165) is 18.5 Å². The van der Waals surface area contributed by atoms with Crippen LogP contribution in [-0.4, -0.2) is 21.0 Å². The maximum atomic E-state index is 12.1. The highest BCUT2D eigenvalue weighted by Gasteiger charge is 2.26. The summed E-state index contributed by atoms with van der Waals surface area (Å²) < 4.78 is 2.02. The Bertz CT molecular complexity index is 588. The van der Waals surface area contributed by atoms with Crippen molar-refractivity contribution in [3.8, 4) is 0 Å². The normalized spacial score (nSPS) is 13.6. The van der Waals surface area contributed by atoms with E-state index in [2.05, 4.69) is 22.4 Å². The maximum absolute atomic E-state index is 12.1. The van der Waals surface area contributed by atoms with Crippen LogP contribution in [0.5, 0.6) is 0 Å². The van der Waals surface area contributed by atoms with Crippen molar-refractivity contribution in [1.29, 1.82) is 0 Å². The number of carbonyl (C=O) groups excluding carboxylic acids is 1. The maximum Gasteiger partial charge on any atom is 0.240 e. The second kappa shape index (κ2) is 7.22. The molecule has 5 heteroatoms. The molecule has 1 unspecified atom stereocenters. The molecule has 0 aliphatic carbocycles. The molecule has 118 valence electrons. The standard InChI is InChI=1S/C17H24N4O/c1-3-8-17(2,18)16(22)20-11-14-4-6-15(7-5-14)12-21-10-9-19-13-21/h4-7,9-10,13H,3,8,11-12,18H2,1-2H3,(H,20,22). The lowest BCUT2D eigenvalue weighted by molar-refractivity contribution is -0.126. The number of amides is 1. The smallest absolute Gasteiger partial charge is 0.240 e. The van der Waals surface area contributed by atoms with Crippen LogP contribution in [0.25, 0.3) is 0 Å². The van der Waals surface area contributed by atoms with Gasteiger partial charge in [0.25, 0.3) is 0 Å². The zero-order valence-corrected chi connectivity index (χ0v) is 13.2. The largest absolute Gasteiger partial charge is 0.350 e. The van der Waals surface area contributed by atoms with Crippen molar-refractivity contribution in [2.45, 2.75) is 45.3 Å². The first-order valence-corrected chi connectivity index (χ1v) is 7.62. The van der Waals surface area contributed by atoms with Crippen molar-refractivity contribution in [3.63, 3.8) is 0 Å². The van der Waals surface area contributed by atoms with Gasteiger partial charge in [0.1, 0.15) is 0 Å². The van der Waals surface area contributed by atoms with Crippen LogP contribution >= 0.6 is 0 Å². The van der Waals surface area contributed by atoms with Crippen molar-refractivity contribution < 1.29 is 4.79 Å². The number of benzene rings is 1. The summed E-state index contributed by atoms with van der Waals surface area (Å²) in [6.45, 7) is 5.10. The number of hydrogen-bond acceptors (Lipinski definition) is 3. The van der Waals surface area contributed by atoms with Gasteiger partial charge in [0, 0.05) is 25.5 Å². The number of rotatable bonds is 7. The molecule has 2 aromatic rings. The number of nitrogens with two attached hydrogens (primary N) is 1. The molecular weight excluding hydrogens is 276 g/mol. The Labute approximate surface area is 131 Å². The molecule has 0 spiro atoms. The predicted octanol–water partition coefficient (Wildman–Crippen LogP) is 2.07. The molecule has 1 heterocycles. The van der Waals surface area contributed by atoms with Crippen LogP contribution in [0.2, 0.25) is 0 Å². The Balaban J connectivity index is 1.87. The lowest BCUT2D eigenvalue weighted by Crippen LogP contribution is -2.51. The Hall–Kier alpha value is -2.14. The highest BCUT2D eigenvalue weighted by atomic mass is 16.2. The zero-order valence-electron chi connectivity index (χ0n) is 13.2. The van der Waals surface area contributed by atoms with Crippen molar-refractivity contribution in [2.24, 2.45) is 5.73 Å². The molecule has 0 aliphatic rings. The summed E-state index contributed by atoms with van der Waals surface area (Å²) in [6, 6.07) is 8.19. The van der Waals surface area contributed by atoms with Gasteiger partial charge in [-0.2, -0.15) is 0 Å². The molecule has 1 aromatic carbocycles. The van der Waals surface area contributed by atoms with E-state index in [1.807, 2.05) is 29.8 Å². The number of imidazole rings is 1. The average Bonchev–Trinajstić information content (AvgIpc) is 2.99. The summed E-state index contributed by atoms with van der Waals surface area (Å²) >= 11 is 0. The predicted molar refractivity (Wildman–Crippen MR) is 87.1 cm³/mol. The fourth-order valence-electron chi connectivity index (χ4n) is 2.37. The Morgan fingerprint density at radius 3 is 2.59 bits per heavy atom. The highest BCUT2D eigenvalue weighted by molar-refractivity contribution is 5.85. The molecule has 0 aliphatic heterocycles. The molecule has 0 saturated carbocycles. The number of hydrogen-bond donors (Lipinski definition) is 2. The topological polar surface area (TPSA) is 72.9 Å². The van der Waals surface area contributed by atoms with Gasteiger partial charge < -0.3 is 15.6 Å². The molecule has 0 radical (unpaired) electrons. The fourth-order valence-corrected chi connectivity index (χ4v) is 2.37. The van der Waals surface area contributed by atoms with E-state index >= 15 is 0 Å². The molecule has 3 N–H and O–H groups in total. The molecule has 5 nitrogen and oxygen atoms in total. The summed E-state index contributed by atoms with van der Waals surface area (Å²) in [5.41, 5.74) is 7.48. The van der Waals surface area contributed by atoms with E-state index in [0.29, 0.717) is 13.0 Å². The van der Waals surface area contributed by atoms with Crippen LogP contribution in [0, 0.1) is 0 Å². The number of nitrogens with one attached hydrogen (secondary N) is 1. The lowest BCUT2D eigenvalue weighted by atomic mass is 9.96. The first kappa shape index (κ1) is 16.2. The Kier molecular flexibility index (Phi) is 5.33. The fraction of sp³-hybridized carbons (Fsp3) is 0.412. The zero-order chi connectivity index (χ0) is 16.0. The minimum atomic E-state index is -0.796. The van der Waals surface area contributed by atoms with Crippen LogP contribution in [0.1, 0.15) is 37.8 Å². The minimum absolute atomic E-state index is 0.100. The van der Waals surface area contributed by atoms with Crippen molar-refractivity contribution in [1.82, 2.24) is 14.9 Å². The van der Waals surface area contributed by atoms with E-state index in [-0.39, 0.29) is 5.91 Å². The summed E-state index contributed by atoms with van der Waals surface area (Å²) in [7, 11) is 0. The molecule has 0 fully saturated rings. The van der Waals surface area contributed by atoms with Crippen LogP contribution < -0.4 is 11.1 Å². The number of nitrogens with zero attached hydrogens (tertiary/aromatic N) is 2. The van der Waals surface area contributed by atoms with Crippen molar-refractivity contribution in [3.05, 3.63) is 54.1 Å². The average molecular weight is 300 g/mol. The quantitative estimate of drug-likeness (QED) is 0.822. The van der Waals surface area contributed by atoms with Crippen LogP contribution in [-0.2, 0) is 17.9 Å². The van der Waals surface area contributed by atoms with Crippen LogP contribution in [0.4, 0.5) is 0 Å². The van der Waals surface area contributed by atoms with E-state index in [1.54, 1.807) is 19.4 Å². The SMILES string of the molecule is CCCC(C)(N)C(=O)NCc1ccc(Cn2ccnc2)cc1. The van der Waals surface area contributed by atoms with Gasteiger partial charge in [-0.05, 0) is 24.5 Å². The number of aromatic nitrogens is 2. The molecule has 0 bridgehead atoms. The summed E-state index contributed by atoms with van der Waals surface area (Å²) in [5.74, 6) is -0.100. The van der Waals surface area contributed by atoms with Gasteiger partial charge in [0.05, 0.1) is 11.9 Å². The van der Waals surface area contributed by atoms with Crippen LogP contribution in [0.3, 0.4) is 0 Å². The summed E-state index contributed by atoms with van der Waals surface area (Å²) in [4.78, 5) is 16.1. The van der Waals surface area contributed by atoms with Gasteiger partial charge in [-0.3, -0.25) is 4.79 Å². The second-order valence-corrected chi connectivity index (χ2v) is 5.90. The Morgan fingerprint density at radius 2 is 2.00 bits per heavy atom. The lowest BCUT2D eigenvalue weighted by Gasteiger charge is -2.22. The molecule has 1 atom stereocenters. The van der Waals surface area contributed by atoms with Gasteiger partial charge >= 0.3 is 0 Å². The van der Waals surface area contributed by atoms with Crippen LogP contribution in [0.15, 0.2) is 43.0 Å². The molecule has 0 saturated heterocycles. The third-order valence-corrected chi connectivity index (χ3v) is 3.69. The van der Waals surface area contributed by atoms with Crippen molar-refractivity contribution >= 4 is 5.91 Å². The molecule has 2 rings (SSSR count). The number of carbonyl (C=O) groups is 1. The second-order valence-electron chi connectivity index (χ2n) is 5.90. The molecular formula is C17H24N4O. The molecule has 22 heavy (non-hydrogen) atoms. The monoisotopic (exact) mass is 300 g/mol. The molecule has 1 aromatic heterocycles. The van der Waals surface area contributed by atoms with Gasteiger partial charge in [-0.15, -0.1) is 0 Å². The summed E-state index contributed by atoms with van der Waals surface area (Å²) in [6.07, 6.45) is 7.07. The van der Waals surface area contributed by atoms with Gasteiger partial charge in [0.15, 0.2) is 0 Å². The van der Waals surface area contributed by atoms with E-state index in [9.17, 15) is 4.79 Å². The van der Waals surface area contributed by atoms with E-state index < -0.39 is 5.54 Å². The minimum Gasteiger partial charge on any atom is -0.350 e. The van der Waals surface area contributed by atoms with Crippen molar-refractivity contribution in [2.75, 3.05) is 0 Å². The van der Waals surface area contributed by atoms with Gasteiger partial charge in [-0.1, -0.05) is 37.6 Å². The molecule has 1 amide bonds. The Morgan fingerprint density at radius 1 is 1.32 bits per heavy atom. The first-order chi connectivity index (χ1) is 10.5. The summed E-state index contributed by atoms with van der Waals surface area (Å²) in [5, 5.41) is 2.91. The van der Waals surface area contributed by atoms with E-state index in [4.69, 9.17) is 5.73 Å². The van der Waals surface area contributed by atoms with Gasteiger partial charge in [-0.25, -0.2) is 4.98 Å². The van der Waals surface area contributed by atoms with E-state index in [1.165, 1.54) is 5.56 Å². The first-order valence-electron chi connectivity index (χ1n) is 7.62. The third kappa shape index (κ3) is 4.43.